The summed E-state index contributed by atoms with van der Waals surface area (Å²) in [7, 11) is 0. The van der Waals surface area contributed by atoms with Crippen LogP contribution in [0.2, 0.25) is 0 Å². The molecule has 0 bridgehead atoms. The first-order chi connectivity index (χ1) is 14.0. The minimum Gasteiger partial charge on any atom is -0.483 e. The van der Waals surface area contributed by atoms with Gasteiger partial charge in [-0.2, -0.15) is 0 Å². The van der Waals surface area contributed by atoms with Gasteiger partial charge in [-0.1, -0.05) is 36.0 Å². The number of carbonyl (C=O) groups excluding carboxylic acids is 1. The van der Waals surface area contributed by atoms with Crippen molar-refractivity contribution in [2.45, 2.75) is 45.5 Å². The number of thioether (sulfide) groups is 1. The molecule has 0 unspecified atom stereocenters. The van der Waals surface area contributed by atoms with Crippen LogP contribution < -0.4 is 10.1 Å². The molecule has 1 N–H and O–H groups in total. The molecule has 2 aromatic carbocycles. The van der Waals surface area contributed by atoms with Crippen LogP contribution in [0.3, 0.4) is 0 Å². The third-order valence-corrected chi connectivity index (χ3v) is 5.57. The molecule has 6 nitrogen and oxygen atoms in total. The van der Waals surface area contributed by atoms with Gasteiger partial charge in [0.1, 0.15) is 5.75 Å². The van der Waals surface area contributed by atoms with E-state index in [9.17, 15) is 4.79 Å². The maximum absolute atomic E-state index is 12.3. The predicted molar refractivity (Wildman–Crippen MR) is 116 cm³/mol. The Bertz CT molecular complexity index is 972. The molecular weight excluding hydrogens is 384 g/mol. The number of nitrogens with zero attached hydrogens (tertiary/aromatic N) is 3. The number of hydrogen-bond acceptors (Lipinski definition) is 5. The second kappa shape index (κ2) is 9.60. The highest BCUT2D eigenvalue weighted by atomic mass is 32.2. The summed E-state index contributed by atoms with van der Waals surface area (Å²) in [6.07, 6.45) is -0.247. The van der Waals surface area contributed by atoms with Gasteiger partial charge in [-0.3, -0.25) is 4.79 Å². The standard InChI is InChI=1S/C22H26N4O2S/c1-5-26-21(17(4)28-19-9-7-6-8-10-19)24-25-22(26)29-14-20(27)23-18-12-11-15(2)16(3)13-18/h6-13,17H,5,14H2,1-4H3,(H,23,27)/t17-/m0/s1. The molecule has 0 aliphatic rings. The van der Waals surface area contributed by atoms with Crippen molar-refractivity contribution in [3.05, 3.63) is 65.5 Å². The largest absolute Gasteiger partial charge is 0.483 e. The first-order valence-corrected chi connectivity index (χ1v) is 10.6. The van der Waals surface area contributed by atoms with Crippen molar-refractivity contribution in [1.29, 1.82) is 0 Å². The zero-order valence-corrected chi connectivity index (χ0v) is 18.0. The van der Waals surface area contributed by atoms with Crippen LogP contribution in [0.25, 0.3) is 0 Å². The molecule has 1 atom stereocenters. The van der Waals surface area contributed by atoms with Gasteiger partial charge in [-0.25, -0.2) is 0 Å². The van der Waals surface area contributed by atoms with Gasteiger partial charge in [-0.15, -0.1) is 10.2 Å². The van der Waals surface area contributed by atoms with Crippen LogP contribution in [-0.2, 0) is 11.3 Å². The number of hydrogen-bond donors (Lipinski definition) is 1. The fourth-order valence-electron chi connectivity index (χ4n) is 2.91. The van der Waals surface area contributed by atoms with E-state index in [-0.39, 0.29) is 17.8 Å². The van der Waals surface area contributed by atoms with Gasteiger partial charge in [0.2, 0.25) is 5.91 Å². The summed E-state index contributed by atoms with van der Waals surface area (Å²) < 4.78 is 7.96. The number of nitrogens with one attached hydrogen (secondary N) is 1. The monoisotopic (exact) mass is 410 g/mol. The van der Waals surface area contributed by atoms with E-state index in [1.54, 1.807) is 0 Å². The predicted octanol–water partition coefficient (Wildman–Crippen LogP) is 4.79. The molecular formula is C22H26N4O2S. The molecule has 7 heteroatoms. The SMILES string of the molecule is CCn1c(SCC(=O)Nc2ccc(C)c(C)c2)nnc1[C@H](C)Oc1ccccc1. The van der Waals surface area contributed by atoms with E-state index in [1.165, 1.54) is 17.3 Å². The third-order valence-electron chi connectivity index (χ3n) is 4.60. The molecule has 152 valence electrons. The van der Waals surface area contributed by atoms with Crippen molar-refractivity contribution in [2.75, 3.05) is 11.1 Å². The number of carbonyl (C=O) groups is 1. The number of benzene rings is 2. The average molecular weight is 411 g/mol. The summed E-state index contributed by atoms with van der Waals surface area (Å²) in [5.74, 6) is 1.72. The van der Waals surface area contributed by atoms with E-state index >= 15 is 0 Å². The molecule has 1 amide bonds. The van der Waals surface area contributed by atoms with Gasteiger partial charge in [0.25, 0.3) is 0 Å². The Kier molecular flexibility index (Phi) is 6.93. The van der Waals surface area contributed by atoms with E-state index in [4.69, 9.17) is 4.74 Å². The minimum absolute atomic E-state index is 0.0703. The fraction of sp³-hybridized carbons (Fsp3) is 0.318. The lowest BCUT2D eigenvalue weighted by atomic mass is 10.1. The lowest BCUT2D eigenvalue weighted by Crippen LogP contribution is -2.15. The lowest BCUT2D eigenvalue weighted by molar-refractivity contribution is -0.113. The lowest BCUT2D eigenvalue weighted by Gasteiger charge is -2.15. The van der Waals surface area contributed by atoms with Gasteiger partial charge in [0, 0.05) is 12.2 Å². The maximum atomic E-state index is 12.3. The third kappa shape index (κ3) is 5.38. The van der Waals surface area contributed by atoms with Crippen molar-refractivity contribution >= 4 is 23.4 Å². The van der Waals surface area contributed by atoms with E-state index < -0.39 is 0 Å². The molecule has 0 fully saturated rings. The van der Waals surface area contributed by atoms with Crippen molar-refractivity contribution < 1.29 is 9.53 Å². The molecule has 3 rings (SSSR count). The van der Waals surface area contributed by atoms with E-state index in [1.807, 2.05) is 73.9 Å². The zero-order chi connectivity index (χ0) is 20.8. The first-order valence-electron chi connectivity index (χ1n) is 9.62. The summed E-state index contributed by atoms with van der Waals surface area (Å²) in [6, 6.07) is 15.5. The molecule has 0 aliphatic carbocycles. The Morgan fingerprint density at radius 2 is 1.90 bits per heavy atom. The molecule has 3 aromatic rings. The van der Waals surface area contributed by atoms with Crippen LogP contribution in [0.15, 0.2) is 53.7 Å². The summed E-state index contributed by atoms with van der Waals surface area (Å²) in [5.41, 5.74) is 3.16. The normalized spacial score (nSPS) is 11.9. The molecule has 1 heterocycles. The summed E-state index contributed by atoms with van der Waals surface area (Å²) >= 11 is 1.37. The zero-order valence-electron chi connectivity index (χ0n) is 17.2. The second-order valence-electron chi connectivity index (χ2n) is 6.79. The highest BCUT2D eigenvalue weighted by molar-refractivity contribution is 7.99. The van der Waals surface area contributed by atoms with Gasteiger partial charge in [0.15, 0.2) is 17.1 Å². The molecule has 29 heavy (non-hydrogen) atoms. The Hall–Kier alpha value is -2.80. The smallest absolute Gasteiger partial charge is 0.234 e. The van der Waals surface area contributed by atoms with Crippen LogP contribution in [0, 0.1) is 13.8 Å². The average Bonchev–Trinajstić information content (AvgIpc) is 3.13. The summed E-state index contributed by atoms with van der Waals surface area (Å²) in [5, 5.41) is 12.2. The molecule has 1 aromatic heterocycles. The summed E-state index contributed by atoms with van der Waals surface area (Å²) in [4.78, 5) is 12.3. The quantitative estimate of drug-likeness (QED) is 0.541. The maximum Gasteiger partial charge on any atom is 0.234 e. The van der Waals surface area contributed by atoms with Gasteiger partial charge in [0.05, 0.1) is 5.75 Å². The van der Waals surface area contributed by atoms with Gasteiger partial charge >= 0.3 is 0 Å². The molecule has 0 spiro atoms. The number of ether oxygens (including phenoxy) is 1. The van der Waals surface area contributed by atoms with E-state index in [0.29, 0.717) is 11.7 Å². The van der Waals surface area contributed by atoms with Crippen molar-refractivity contribution in [3.63, 3.8) is 0 Å². The van der Waals surface area contributed by atoms with Crippen LogP contribution in [-0.4, -0.2) is 26.4 Å². The Balaban J connectivity index is 1.62. The highest BCUT2D eigenvalue weighted by Crippen LogP contribution is 2.24. The second-order valence-corrected chi connectivity index (χ2v) is 7.74. The number of aryl methyl sites for hydroxylation is 2. The number of amides is 1. The molecule has 0 aliphatic heterocycles. The van der Waals surface area contributed by atoms with Gasteiger partial charge < -0.3 is 14.6 Å². The Morgan fingerprint density at radius 3 is 2.59 bits per heavy atom. The van der Waals surface area contributed by atoms with Gasteiger partial charge in [-0.05, 0) is 63.1 Å². The molecule has 0 radical (unpaired) electrons. The number of rotatable bonds is 8. The van der Waals surface area contributed by atoms with Crippen LogP contribution in [0.5, 0.6) is 5.75 Å². The number of aromatic nitrogens is 3. The van der Waals surface area contributed by atoms with E-state index in [0.717, 1.165) is 22.8 Å². The Morgan fingerprint density at radius 1 is 1.14 bits per heavy atom. The van der Waals surface area contributed by atoms with Crippen LogP contribution in [0.4, 0.5) is 5.69 Å². The highest BCUT2D eigenvalue weighted by Gasteiger charge is 2.19. The number of para-hydroxylation sites is 1. The van der Waals surface area contributed by atoms with Crippen LogP contribution in [0.1, 0.15) is 36.9 Å². The first kappa shape index (κ1) is 20.9. The van der Waals surface area contributed by atoms with Crippen molar-refractivity contribution in [2.24, 2.45) is 0 Å². The van der Waals surface area contributed by atoms with E-state index in [2.05, 4.69) is 22.4 Å². The minimum atomic E-state index is -0.247. The topological polar surface area (TPSA) is 69.0 Å². The Labute approximate surface area is 175 Å². The molecule has 0 saturated carbocycles. The number of anilines is 1. The molecule has 0 saturated heterocycles. The summed E-state index contributed by atoms with van der Waals surface area (Å²) in [6.45, 7) is 8.76. The fourth-order valence-corrected chi connectivity index (χ4v) is 3.72. The van der Waals surface area contributed by atoms with Crippen molar-refractivity contribution in [1.82, 2.24) is 14.8 Å². The van der Waals surface area contributed by atoms with Crippen LogP contribution >= 0.6 is 11.8 Å². The van der Waals surface area contributed by atoms with Crippen molar-refractivity contribution in [3.8, 4) is 5.75 Å².